The molecule has 5 heteroatoms. The van der Waals surface area contributed by atoms with Crippen LogP contribution in [0, 0.1) is 0 Å². The standard InChI is InChI=1S/C7H10F3NS/c1-12-6-4-2-3-5(11-6)7(8,9)10/h5H,2-4H2,1H3. The molecule has 1 unspecified atom stereocenters. The van der Waals surface area contributed by atoms with E-state index in [9.17, 15) is 13.2 Å². The minimum absolute atomic E-state index is 0.146. The van der Waals surface area contributed by atoms with Crippen LogP contribution in [-0.4, -0.2) is 23.5 Å². The summed E-state index contributed by atoms with van der Waals surface area (Å²) in [5.41, 5.74) is 0. The summed E-state index contributed by atoms with van der Waals surface area (Å²) in [4.78, 5) is 3.63. The lowest BCUT2D eigenvalue weighted by molar-refractivity contribution is -0.148. The molecule has 12 heavy (non-hydrogen) atoms. The monoisotopic (exact) mass is 197 g/mol. The molecule has 1 heterocycles. The van der Waals surface area contributed by atoms with Gasteiger partial charge in [-0.25, -0.2) is 0 Å². The van der Waals surface area contributed by atoms with Crippen LogP contribution < -0.4 is 0 Å². The van der Waals surface area contributed by atoms with Crippen LogP contribution >= 0.6 is 11.8 Å². The highest BCUT2D eigenvalue weighted by molar-refractivity contribution is 8.13. The maximum Gasteiger partial charge on any atom is 0.410 e. The van der Waals surface area contributed by atoms with Gasteiger partial charge in [-0.1, -0.05) is 0 Å². The van der Waals surface area contributed by atoms with Crippen molar-refractivity contribution >= 4 is 16.8 Å². The highest BCUT2D eigenvalue weighted by Gasteiger charge is 2.40. The number of aliphatic imine (C=N–C) groups is 1. The van der Waals surface area contributed by atoms with E-state index in [2.05, 4.69) is 4.99 Å². The summed E-state index contributed by atoms with van der Waals surface area (Å²) in [5.74, 6) is 0. The van der Waals surface area contributed by atoms with E-state index < -0.39 is 12.2 Å². The first-order chi connectivity index (χ1) is 5.54. The third-order valence-electron chi connectivity index (χ3n) is 1.78. The Morgan fingerprint density at radius 1 is 1.50 bits per heavy atom. The fraction of sp³-hybridized carbons (Fsp3) is 0.857. The molecule has 1 aliphatic heterocycles. The van der Waals surface area contributed by atoms with Gasteiger partial charge >= 0.3 is 6.18 Å². The van der Waals surface area contributed by atoms with Crippen molar-refractivity contribution in [2.75, 3.05) is 6.26 Å². The highest BCUT2D eigenvalue weighted by Crippen LogP contribution is 2.31. The van der Waals surface area contributed by atoms with E-state index in [1.807, 2.05) is 0 Å². The van der Waals surface area contributed by atoms with E-state index in [-0.39, 0.29) is 6.42 Å². The molecule has 0 saturated carbocycles. The molecular weight excluding hydrogens is 187 g/mol. The summed E-state index contributed by atoms with van der Waals surface area (Å²) in [6.07, 6.45) is -0.940. The van der Waals surface area contributed by atoms with Crippen LogP contribution in [0.1, 0.15) is 19.3 Å². The van der Waals surface area contributed by atoms with Crippen molar-refractivity contribution in [3.63, 3.8) is 0 Å². The molecule has 0 aromatic heterocycles. The largest absolute Gasteiger partial charge is 0.410 e. The molecule has 0 N–H and O–H groups in total. The lowest BCUT2D eigenvalue weighted by atomic mass is 10.1. The average molecular weight is 197 g/mol. The van der Waals surface area contributed by atoms with Crippen LogP contribution in [-0.2, 0) is 0 Å². The maximum atomic E-state index is 12.1. The summed E-state index contributed by atoms with van der Waals surface area (Å²) in [5, 5.41) is 0.628. The minimum Gasteiger partial charge on any atom is -0.270 e. The fourth-order valence-corrected chi connectivity index (χ4v) is 1.72. The van der Waals surface area contributed by atoms with Gasteiger partial charge in [0.05, 0.1) is 5.04 Å². The van der Waals surface area contributed by atoms with Gasteiger partial charge in [0, 0.05) is 0 Å². The van der Waals surface area contributed by atoms with Gasteiger partial charge in [-0.2, -0.15) is 13.2 Å². The van der Waals surface area contributed by atoms with Gasteiger partial charge < -0.3 is 0 Å². The Morgan fingerprint density at radius 3 is 2.67 bits per heavy atom. The van der Waals surface area contributed by atoms with Crippen molar-refractivity contribution in [3.05, 3.63) is 0 Å². The second kappa shape index (κ2) is 3.68. The Hall–Kier alpha value is -0.190. The predicted molar refractivity (Wildman–Crippen MR) is 44.6 cm³/mol. The van der Waals surface area contributed by atoms with E-state index in [1.54, 1.807) is 6.26 Å². The first-order valence-electron chi connectivity index (χ1n) is 3.71. The van der Waals surface area contributed by atoms with Crippen molar-refractivity contribution in [3.8, 4) is 0 Å². The highest BCUT2D eigenvalue weighted by atomic mass is 32.2. The smallest absolute Gasteiger partial charge is 0.270 e. The van der Waals surface area contributed by atoms with Gasteiger partial charge in [-0.3, -0.25) is 4.99 Å². The second-order valence-electron chi connectivity index (χ2n) is 2.68. The van der Waals surface area contributed by atoms with Crippen LogP contribution in [0.15, 0.2) is 4.99 Å². The van der Waals surface area contributed by atoms with Gasteiger partial charge in [-0.05, 0) is 25.5 Å². The first-order valence-corrected chi connectivity index (χ1v) is 4.94. The Bertz CT molecular complexity index is 188. The molecule has 0 saturated heterocycles. The van der Waals surface area contributed by atoms with E-state index >= 15 is 0 Å². The summed E-state index contributed by atoms with van der Waals surface area (Å²) >= 11 is 1.32. The van der Waals surface area contributed by atoms with Crippen LogP contribution in [0.5, 0.6) is 0 Å². The Balaban J connectivity index is 2.67. The zero-order chi connectivity index (χ0) is 9.19. The number of hydrogen-bond acceptors (Lipinski definition) is 2. The molecule has 1 nitrogen and oxygen atoms in total. The van der Waals surface area contributed by atoms with Crippen molar-refractivity contribution in [2.45, 2.75) is 31.5 Å². The number of alkyl halides is 3. The molecule has 1 atom stereocenters. The zero-order valence-corrected chi connectivity index (χ0v) is 7.50. The summed E-state index contributed by atoms with van der Waals surface area (Å²) in [6.45, 7) is 0. The Labute approximate surface area is 73.4 Å². The average Bonchev–Trinajstić information content (AvgIpc) is 2.03. The number of rotatable bonds is 0. The van der Waals surface area contributed by atoms with E-state index in [0.29, 0.717) is 17.9 Å². The molecule has 0 radical (unpaired) electrons. The SMILES string of the molecule is CSC1=NC(C(F)(F)F)CCC1. The molecule has 0 fully saturated rings. The number of nitrogens with zero attached hydrogens (tertiary/aromatic N) is 1. The normalized spacial score (nSPS) is 25.3. The van der Waals surface area contributed by atoms with E-state index in [0.717, 1.165) is 0 Å². The van der Waals surface area contributed by atoms with Crippen molar-refractivity contribution < 1.29 is 13.2 Å². The van der Waals surface area contributed by atoms with Gasteiger partial charge in [0.25, 0.3) is 0 Å². The quantitative estimate of drug-likeness (QED) is 0.581. The summed E-state index contributed by atoms with van der Waals surface area (Å²) in [6, 6.07) is -1.45. The number of halogens is 3. The second-order valence-corrected chi connectivity index (χ2v) is 3.56. The lowest BCUT2D eigenvalue weighted by Crippen LogP contribution is -2.30. The lowest BCUT2D eigenvalue weighted by Gasteiger charge is -2.21. The molecule has 0 aromatic carbocycles. The van der Waals surface area contributed by atoms with Crippen LogP contribution in [0.4, 0.5) is 13.2 Å². The Kier molecular flexibility index (Phi) is 3.04. The molecule has 0 aliphatic carbocycles. The first kappa shape index (κ1) is 9.89. The fourth-order valence-electron chi connectivity index (χ4n) is 1.14. The molecule has 1 rings (SSSR count). The summed E-state index contributed by atoms with van der Waals surface area (Å²) in [7, 11) is 0. The topological polar surface area (TPSA) is 12.4 Å². The molecule has 0 spiro atoms. The van der Waals surface area contributed by atoms with Crippen LogP contribution in [0.25, 0.3) is 0 Å². The molecule has 0 aromatic rings. The molecule has 0 amide bonds. The summed E-state index contributed by atoms with van der Waals surface area (Å²) < 4.78 is 36.4. The van der Waals surface area contributed by atoms with Crippen molar-refractivity contribution in [1.29, 1.82) is 0 Å². The molecule has 70 valence electrons. The molecular formula is C7H10F3NS. The van der Waals surface area contributed by atoms with Gasteiger partial charge in [0.1, 0.15) is 6.04 Å². The Morgan fingerprint density at radius 2 is 2.17 bits per heavy atom. The van der Waals surface area contributed by atoms with Gasteiger partial charge in [0.2, 0.25) is 0 Å². The molecule has 1 aliphatic rings. The zero-order valence-electron chi connectivity index (χ0n) is 6.69. The third kappa shape index (κ3) is 2.40. The minimum atomic E-state index is -4.15. The van der Waals surface area contributed by atoms with Crippen LogP contribution in [0.2, 0.25) is 0 Å². The maximum absolute atomic E-state index is 12.1. The van der Waals surface area contributed by atoms with Crippen molar-refractivity contribution in [1.82, 2.24) is 0 Å². The van der Waals surface area contributed by atoms with E-state index in [1.165, 1.54) is 11.8 Å². The van der Waals surface area contributed by atoms with Gasteiger partial charge in [0.15, 0.2) is 0 Å². The number of hydrogen-bond donors (Lipinski definition) is 0. The van der Waals surface area contributed by atoms with Gasteiger partial charge in [-0.15, -0.1) is 11.8 Å². The van der Waals surface area contributed by atoms with Crippen molar-refractivity contribution in [2.24, 2.45) is 4.99 Å². The molecule has 0 bridgehead atoms. The number of thioether (sulfide) groups is 1. The third-order valence-corrected chi connectivity index (χ3v) is 2.56. The van der Waals surface area contributed by atoms with E-state index in [4.69, 9.17) is 0 Å². The predicted octanol–water partition coefficient (Wildman–Crippen LogP) is 2.86. The van der Waals surface area contributed by atoms with Crippen LogP contribution in [0.3, 0.4) is 0 Å².